The van der Waals surface area contributed by atoms with Crippen molar-refractivity contribution in [3.63, 3.8) is 0 Å². The summed E-state index contributed by atoms with van der Waals surface area (Å²) in [7, 11) is 0. The van der Waals surface area contributed by atoms with Crippen LogP contribution in [0.2, 0.25) is 0 Å². The maximum Gasteiger partial charge on any atom is 0.358 e. The quantitative estimate of drug-likeness (QED) is 0.500. The largest absolute Gasteiger partial charge is 0.505 e. The molecule has 0 aliphatic heterocycles. The van der Waals surface area contributed by atoms with E-state index < -0.39 is 11.9 Å². The third-order valence-electron chi connectivity index (χ3n) is 2.05. The molecule has 88 valence electrons. The molecule has 6 heteroatoms. The Morgan fingerprint density at radius 2 is 2.25 bits per heavy atom. The Bertz CT molecular complexity index is 398. The van der Waals surface area contributed by atoms with Crippen molar-refractivity contribution >= 4 is 11.9 Å². The van der Waals surface area contributed by atoms with Crippen molar-refractivity contribution in [2.45, 2.75) is 19.8 Å². The number of rotatable bonds is 5. The highest BCUT2D eigenvalue weighted by Gasteiger charge is 2.15. The SMILES string of the molecule is Cc1c[nH]c(C(=O)OCCCC(N)=O)c1O. The average Bonchev–Trinajstić information content (AvgIpc) is 2.54. The maximum atomic E-state index is 11.4. The van der Waals surface area contributed by atoms with Crippen molar-refractivity contribution in [2.24, 2.45) is 5.73 Å². The molecular formula is C10H14N2O4. The predicted molar refractivity (Wildman–Crippen MR) is 55.9 cm³/mol. The first-order chi connectivity index (χ1) is 7.52. The molecule has 4 N–H and O–H groups in total. The number of amides is 1. The van der Waals surface area contributed by atoms with Crippen LogP contribution in [0.5, 0.6) is 5.75 Å². The molecule has 0 aromatic carbocycles. The van der Waals surface area contributed by atoms with Crippen LogP contribution in [0.15, 0.2) is 6.20 Å². The lowest BCUT2D eigenvalue weighted by atomic mass is 10.3. The summed E-state index contributed by atoms with van der Waals surface area (Å²) in [6.07, 6.45) is 2.06. The van der Waals surface area contributed by atoms with Gasteiger partial charge in [-0.15, -0.1) is 0 Å². The highest BCUT2D eigenvalue weighted by molar-refractivity contribution is 5.90. The van der Waals surface area contributed by atoms with Crippen LogP contribution in [-0.2, 0) is 9.53 Å². The number of hydrogen-bond acceptors (Lipinski definition) is 4. The zero-order chi connectivity index (χ0) is 12.1. The van der Waals surface area contributed by atoms with Gasteiger partial charge in [-0.05, 0) is 13.3 Å². The molecule has 1 aromatic heterocycles. The summed E-state index contributed by atoms with van der Waals surface area (Å²) >= 11 is 0. The number of nitrogens with one attached hydrogen (secondary N) is 1. The van der Waals surface area contributed by atoms with Crippen molar-refractivity contribution in [2.75, 3.05) is 6.61 Å². The number of nitrogens with two attached hydrogens (primary N) is 1. The number of ether oxygens (including phenoxy) is 1. The van der Waals surface area contributed by atoms with Gasteiger partial charge in [0.2, 0.25) is 5.91 Å². The van der Waals surface area contributed by atoms with Crippen LogP contribution in [0, 0.1) is 6.92 Å². The molecule has 0 aliphatic carbocycles. The summed E-state index contributed by atoms with van der Waals surface area (Å²) in [4.78, 5) is 24.4. The number of aromatic amines is 1. The molecule has 0 fully saturated rings. The van der Waals surface area contributed by atoms with E-state index in [0.717, 1.165) is 0 Å². The monoisotopic (exact) mass is 226 g/mol. The Hall–Kier alpha value is -1.98. The molecule has 6 nitrogen and oxygen atoms in total. The van der Waals surface area contributed by atoms with Crippen molar-refractivity contribution < 1.29 is 19.4 Å². The van der Waals surface area contributed by atoms with Gasteiger partial charge in [0, 0.05) is 18.2 Å². The highest BCUT2D eigenvalue weighted by Crippen LogP contribution is 2.21. The van der Waals surface area contributed by atoms with E-state index in [1.807, 2.05) is 0 Å². The van der Waals surface area contributed by atoms with Crippen LogP contribution in [0.4, 0.5) is 0 Å². The summed E-state index contributed by atoms with van der Waals surface area (Å²) in [5.41, 5.74) is 5.52. The van der Waals surface area contributed by atoms with E-state index in [1.165, 1.54) is 6.20 Å². The first kappa shape index (κ1) is 12.1. The number of aryl methyl sites for hydroxylation is 1. The minimum atomic E-state index is -0.643. The number of hydrogen-bond donors (Lipinski definition) is 3. The molecule has 1 aromatic rings. The van der Waals surface area contributed by atoms with Gasteiger partial charge in [0.1, 0.15) is 0 Å². The molecule has 1 heterocycles. The predicted octanol–water partition coefficient (Wildman–Crippen LogP) is 0.451. The second kappa shape index (κ2) is 5.20. The molecule has 16 heavy (non-hydrogen) atoms. The third kappa shape index (κ3) is 3.01. The number of carbonyl (C=O) groups excluding carboxylic acids is 2. The van der Waals surface area contributed by atoms with Gasteiger partial charge >= 0.3 is 5.97 Å². The zero-order valence-corrected chi connectivity index (χ0v) is 8.95. The second-order valence-electron chi connectivity index (χ2n) is 3.40. The van der Waals surface area contributed by atoms with Gasteiger partial charge < -0.3 is 20.6 Å². The molecular weight excluding hydrogens is 212 g/mol. The Morgan fingerprint density at radius 1 is 1.56 bits per heavy atom. The molecule has 1 amide bonds. The van der Waals surface area contributed by atoms with E-state index in [0.29, 0.717) is 12.0 Å². The van der Waals surface area contributed by atoms with Gasteiger partial charge in [-0.3, -0.25) is 4.79 Å². The number of carbonyl (C=O) groups is 2. The number of esters is 1. The minimum Gasteiger partial charge on any atom is -0.505 e. The normalized spacial score (nSPS) is 10.1. The van der Waals surface area contributed by atoms with Gasteiger partial charge in [-0.1, -0.05) is 0 Å². The summed E-state index contributed by atoms with van der Waals surface area (Å²) in [6.45, 7) is 1.76. The van der Waals surface area contributed by atoms with E-state index in [2.05, 4.69) is 4.98 Å². The fourth-order valence-electron chi connectivity index (χ4n) is 1.15. The molecule has 0 saturated heterocycles. The smallest absolute Gasteiger partial charge is 0.358 e. The highest BCUT2D eigenvalue weighted by atomic mass is 16.5. The number of aromatic hydroxyl groups is 1. The van der Waals surface area contributed by atoms with Crippen LogP contribution in [0.3, 0.4) is 0 Å². The Labute approximate surface area is 92.4 Å². The first-order valence-electron chi connectivity index (χ1n) is 4.84. The summed E-state index contributed by atoms with van der Waals surface area (Å²) in [5.74, 6) is -1.19. The van der Waals surface area contributed by atoms with Crippen LogP contribution >= 0.6 is 0 Å². The topological polar surface area (TPSA) is 105 Å². The number of aromatic nitrogens is 1. The molecule has 0 saturated carbocycles. The molecule has 0 aliphatic rings. The summed E-state index contributed by atoms with van der Waals surface area (Å²) in [6, 6.07) is 0. The molecule has 1 rings (SSSR count). The third-order valence-corrected chi connectivity index (χ3v) is 2.05. The van der Waals surface area contributed by atoms with E-state index in [9.17, 15) is 14.7 Å². The second-order valence-corrected chi connectivity index (χ2v) is 3.40. The fraction of sp³-hybridized carbons (Fsp3) is 0.400. The van der Waals surface area contributed by atoms with Crippen molar-refractivity contribution in [3.05, 3.63) is 17.5 Å². The zero-order valence-electron chi connectivity index (χ0n) is 8.95. The van der Waals surface area contributed by atoms with Gasteiger partial charge in [0.25, 0.3) is 0 Å². The lowest BCUT2D eigenvalue weighted by molar-refractivity contribution is -0.118. The average molecular weight is 226 g/mol. The van der Waals surface area contributed by atoms with Gasteiger partial charge in [0.05, 0.1) is 6.61 Å². The molecule has 0 unspecified atom stereocenters. The van der Waals surface area contributed by atoms with Crippen molar-refractivity contribution in [1.29, 1.82) is 0 Å². The van der Waals surface area contributed by atoms with Crippen LogP contribution in [0.25, 0.3) is 0 Å². The molecule has 0 radical (unpaired) electrons. The summed E-state index contributed by atoms with van der Waals surface area (Å²) in [5, 5.41) is 9.45. The van der Waals surface area contributed by atoms with Crippen molar-refractivity contribution in [1.82, 2.24) is 4.98 Å². The van der Waals surface area contributed by atoms with E-state index in [1.54, 1.807) is 6.92 Å². The van der Waals surface area contributed by atoms with E-state index in [4.69, 9.17) is 10.5 Å². The van der Waals surface area contributed by atoms with Crippen LogP contribution in [0.1, 0.15) is 28.9 Å². The molecule has 0 atom stereocenters. The van der Waals surface area contributed by atoms with Crippen molar-refractivity contribution in [3.8, 4) is 5.75 Å². The van der Waals surface area contributed by atoms with Gasteiger partial charge in [-0.25, -0.2) is 4.79 Å². The Kier molecular flexibility index (Phi) is 3.93. The Morgan fingerprint density at radius 3 is 2.75 bits per heavy atom. The number of primary amides is 1. The van der Waals surface area contributed by atoms with Crippen LogP contribution < -0.4 is 5.73 Å². The van der Waals surface area contributed by atoms with Gasteiger partial charge in [-0.2, -0.15) is 0 Å². The number of H-pyrrole nitrogens is 1. The first-order valence-corrected chi connectivity index (χ1v) is 4.84. The lowest BCUT2D eigenvalue weighted by Crippen LogP contribution is -2.13. The Balaban J connectivity index is 2.41. The summed E-state index contributed by atoms with van der Waals surface area (Å²) < 4.78 is 4.83. The minimum absolute atomic E-state index is 0.0246. The van der Waals surface area contributed by atoms with Gasteiger partial charge in [0.15, 0.2) is 11.4 Å². The van der Waals surface area contributed by atoms with Crippen LogP contribution in [-0.4, -0.2) is 28.6 Å². The standard InChI is InChI=1S/C10H14N2O4/c1-6-5-12-8(9(6)14)10(15)16-4-2-3-7(11)13/h5,12,14H,2-4H2,1H3,(H2,11,13). The fourth-order valence-corrected chi connectivity index (χ4v) is 1.15. The van der Waals surface area contributed by atoms with E-state index in [-0.39, 0.29) is 24.5 Å². The lowest BCUT2D eigenvalue weighted by Gasteiger charge is -2.02. The maximum absolute atomic E-state index is 11.4. The van der Waals surface area contributed by atoms with E-state index >= 15 is 0 Å². The molecule has 0 spiro atoms. The molecule has 0 bridgehead atoms.